The summed E-state index contributed by atoms with van der Waals surface area (Å²) in [5, 5.41) is 0. The van der Waals surface area contributed by atoms with Crippen LogP contribution in [0.2, 0.25) is 0 Å². The molecule has 1 aliphatic carbocycles. The van der Waals surface area contributed by atoms with Gasteiger partial charge in [0.05, 0.1) is 0 Å². The standard InChI is InChI=1S/C12H24N2/c1-12(2)10(7-8-13)4-3-9-14(12)11-5-6-11/h10-11H,3-9,13H2,1-2H3. The fourth-order valence-electron chi connectivity index (χ4n) is 3.12. The fraction of sp³-hybridized carbons (Fsp3) is 1.00. The van der Waals surface area contributed by atoms with Crippen molar-refractivity contribution in [2.45, 2.75) is 57.5 Å². The Morgan fingerprint density at radius 3 is 2.57 bits per heavy atom. The first-order valence-electron chi connectivity index (χ1n) is 6.13. The Hall–Kier alpha value is -0.0800. The van der Waals surface area contributed by atoms with Crippen LogP contribution in [0.5, 0.6) is 0 Å². The van der Waals surface area contributed by atoms with Gasteiger partial charge in [0, 0.05) is 11.6 Å². The zero-order valence-corrected chi connectivity index (χ0v) is 9.63. The van der Waals surface area contributed by atoms with E-state index in [1.54, 1.807) is 0 Å². The monoisotopic (exact) mass is 196 g/mol. The van der Waals surface area contributed by atoms with Gasteiger partial charge in [-0.25, -0.2) is 0 Å². The molecule has 2 nitrogen and oxygen atoms in total. The molecule has 0 spiro atoms. The first-order chi connectivity index (χ1) is 6.66. The van der Waals surface area contributed by atoms with Crippen LogP contribution in [0.1, 0.15) is 46.0 Å². The summed E-state index contributed by atoms with van der Waals surface area (Å²) in [6, 6.07) is 0.908. The zero-order chi connectivity index (χ0) is 10.2. The normalized spacial score (nSPS) is 33.2. The maximum atomic E-state index is 5.70. The third-order valence-corrected chi connectivity index (χ3v) is 4.19. The van der Waals surface area contributed by atoms with E-state index in [1.807, 2.05) is 0 Å². The van der Waals surface area contributed by atoms with Crippen molar-refractivity contribution in [1.29, 1.82) is 0 Å². The van der Waals surface area contributed by atoms with Crippen LogP contribution in [0, 0.1) is 5.92 Å². The highest BCUT2D eigenvalue weighted by Gasteiger charge is 2.44. The van der Waals surface area contributed by atoms with E-state index >= 15 is 0 Å². The van der Waals surface area contributed by atoms with Crippen molar-refractivity contribution in [1.82, 2.24) is 4.90 Å². The van der Waals surface area contributed by atoms with Crippen LogP contribution in [0.4, 0.5) is 0 Å². The van der Waals surface area contributed by atoms with Crippen LogP contribution in [0.25, 0.3) is 0 Å². The first-order valence-corrected chi connectivity index (χ1v) is 6.13. The van der Waals surface area contributed by atoms with Crippen LogP contribution in [-0.2, 0) is 0 Å². The minimum Gasteiger partial charge on any atom is -0.330 e. The lowest BCUT2D eigenvalue weighted by Gasteiger charge is -2.48. The molecule has 14 heavy (non-hydrogen) atoms. The molecular weight excluding hydrogens is 172 g/mol. The Labute approximate surface area is 87.8 Å². The molecule has 82 valence electrons. The average molecular weight is 196 g/mol. The van der Waals surface area contributed by atoms with Gasteiger partial charge in [0.2, 0.25) is 0 Å². The lowest BCUT2D eigenvalue weighted by molar-refractivity contribution is 0.0122. The smallest absolute Gasteiger partial charge is 0.0184 e. The topological polar surface area (TPSA) is 29.3 Å². The molecule has 0 aromatic rings. The third kappa shape index (κ3) is 1.82. The number of nitrogens with zero attached hydrogens (tertiary/aromatic N) is 1. The summed E-state index contributed by atoms with van der Waals surface area (Å²) in [7, 11) is 0. The van der Waals surface area contributed by atoms with E-state index in [0.717, 1.165) is 18.5 Å². The van der Waals surface area contributed by atoms with Crippen LogP contribution >= 0.6 is 0 Å². The van der Waals surface area contributed by atoms with Crippen molar-refractivity contribution in [2.24, 2.45) is 11.7 Å². The number of rotatable bonds is 3. The van der Waals surface area contributed by atoms with Gasteiger partial charge in [0.25, 0.3) is 0 Å². The van der Waals surface area contributed by atoms with Crippen LogP contribution < -0.4 is 5.73 Å². The Morgan fingerprint density at radius 1 is 1.29 bits per heavy atom. The molecular formula is C12H24N2. The van der Waals surface area contributed by atoms with Crippen molar-refractivity contribution >= 4 is 0 Å². The minimum absolute atomic E-state index is 0.402. The number of nitrogens with two attached hydrogens (primary N) is 1. The quantitative estimate of drug-likeness (QED) is 0.748. The minimum atomic E-state index is 0.402. The molecule has 2 rings (SSSR count). The summed E-state index contributed by atoms with van der Waals surface area (Å²) in [5.74, 6) is 0.821. The molecule has 0 radical (unpaired) electrons. The predicted octanol–water partition coefficient (Wildman–Crippen LogP) is 1.99. The molecule has 1 aliphatic heterocycles. The summed E-state index contributed by atoms with van der Waals surface area (Å²) in [4.78, 5) is 2.75. The van der Waals surface area contributed by atoms with Gasteiger partial charge in [0.15, 0.2) is 0 Å². The second-order valence-corrected chi connectivity index (χ2v) is 5.49. The molecule has 0 aromatic heterocycles. The first kappa shape index (κ1) is 10.4. The molecule has 1 saturated carbocycles. The molecule has 2 heteroatoms. The van der Waals surface area contributed by atoms with Gasteiger partial charge in [-0.15, -0.1) is 0 Å². The van der Waals surface area contributed by atoms with Gasteiger partial charge in [-0.2, -0.15) is 0 Å². The van der Waals surface area contributed by atoms with Crippen molar-refractivity contribution < 1.29 is 0 Å². The SMILES string of the molecule is CC1(C)C(CCN)CCCN1C1CC1. The third-order valence-electron chi connectivity index (χ3n) is 4.19. The van der Waals surface area contributed by atoms with Gasteiger partial charge in [-0.05, 0) is 65.0 Å². The van der Waals surface area contributed by atoms with E-state index in [9.17, 15) is 0 Å². The largest absolute Gasteiger partial charge is 0.330 e. The number of piperidine rings is 1. The lowest BCUT2D eigenvalue weighted by atomic mass is 9.77. The van der Waals surface area contributed by atoms with Gasteiger partial charge in [-0.1, -0.05) is 0 Å². The van der Waals surface area contributed by atoms with E-state index in [2.05, 4.69) is 18.7 Å². The van der Waals surface area contributed by atoms with Crippen LogP contribution in [-0.4, -0.2) is 29.6 Å². The summed E-state index contributed by atoms with van der Waals surface area (Å²) in [6.45, 7) is 7.01. The average Bonchev–Trinajstić information content (AvgIpc) is 2.91. The van der Waals surface area contributed by atoms with Crippen molar-refractivity contribution in [3.8, 4) is 0 Å². The van der Waals surface area contributed by atoms with E-state index < -0.39 is 0 Å². The van der Waals surface area contributed by atoms with Gasteiger partial charge >= 0.3 is 0 Å². The van der Waals surface area contributed by atoms with Crippen molar-refractivity contribution in [2.75, 3.05) is 13.1 Å². The van der Waals surface area contributed by atoms with Gasteiger partial charge in [0.1, 0.15) is 0 Å². The maximum absolute atomic E-state index is 5.70. The highest BCUT2D eigenvalue weighted by atomic mass is 15.2. The van der Waals surface area contributed by atoms with E-state index in [1.165, 1.54) is 38.6 Å². The van der Waals surface area contributed by atoms with E-state index in [4.69, 9.17) is 5.73 Å². The molecule has 1 heterocycles. The van der Waals surface area contributed by atoms with Crippen molar-refractivity contribution in [3.63, 3.8) is 0 Å². The molecule has 0 aromatic carbocycles. The van der Waals surface area contributed by atoms with Gasteiger partial charge in [-0.3, -0.25) is 4.90 Å². The molecule has 1 unspecified atom stereocenters. The summed E-state index contributed by atoms with van der Waals surface area (Å²) < 4.78 is 0. The fourth-order valence-corrected chi connectivity index (χ4v) is 3.12. The van der Waals surface area contributed by atoms with Crippen LogP contribution in [0.15, 0.2) is 0 Å². The maximum Gasteiger partial charge on any atom is 0.0184 e. The predicted molar refractivity (Wildman–Crippen MR) is 60.2 cm³/mol. The Balaban J connectivity index is 2.04. The second kappa shape index (κ2) is 3.82. The van der Waals surface area contributed by atoms with E-state index in [-0.39, 0.29) is 0 Å². The Bertz CT molecular complexity index is 194. The Kier molecular flexibility index (Phi) is 2.85. The number of hydrogen-bond donors (Lipinski definition) is 1. The molecule has 2 fully saturated rings. The molecule has 2 aliphatic rings. The number of likely N-dealkylation sites (tertiary alicyclic amines) is 1. The van der Waals surface area contributed by atoms with Crippen LogP contribution in [0.3, 0.4) is 0 Å². The second-order valence-electron chi connectivity index (χ2n) is 5.49. The molecule has 1 saturated heterocycles. The summed E-state index contributed by atoms with van der Waals surface area (Å²) in [6.07, 6.45) is 6.83. The highest BCUT2D eigenvalue weighted by molar-refractivity contribution is 4.99. The van der Waals surface area contributed by atoms with Crippen molar-refractivity contribution in [3.05, 3.63) is 0 Å². The molecule has 0 bridgehead atoms. The zero-order valence-electron chi connectivity index (χ0n) is 9.63. The summed E-state index contributed by atoms with van der Waals surface area (Å²) in [5.41, 5.74) is 6.10. The lowest BCUT2D eigenvalue weighted by Crippen LogP contribution is -2.54. The number of hydrogen-bond acceptors (Lipinski definition) is 2. The molecule has 0 amide bonds. The summed E-state index contributed by atoms with van der Waals surface area (Å²) >= 11 is 0. The molecule has 1 atom stereocenters. The highest BCUT2D eigenvalue weighted by Crippen LogP contribution is 2.42. The Morgan fingerprint density at radius 2 is 2.00 bits per heavy atom. The van der Waals surface area contributed by atoms with E-state index in [0.29, 0.717) is 5.54 Å². The van der Waals surface area contributed by atoms with Gasteiger partial charge < -0.3 is 5.73 Å². The molecule has 2 N–H and O–H groups in total.